The fourth-order valence-corrected chi connectivity index (χ4v) is 4.28. The van der Waals surface area contributed by atoms with E-state index in [0.717, 1.165) is 11.1 Å². The maximum atomic E-state index is 13.4. The van der Waals surface area contributed by atoms with E-state index in [1.807, 2.05) is 54.6 Å². The number of Topliss-reactive ketones (excluding diaryl/α,β-unsaturated/α-hetero) is 1. The van der Waals surface area contributed by atoms with Gasteiger partial charge in [0.05, 0.1) is 12.1 Å². The van der Waals surface area contributed by atoms with E-state index in [1.54, 1.807) is 29.2 Å². The summed E-state index contributed by atoms with van der Waals surface area (Å²) in [6, 6.07) is 24.6. The van der Waals surface area contributed by atoms with E-state index >= 15 is 0 Å². The number of ketones is 1. The highest BCUT2D eigenvalue weighted by Crippen LogP contribution is 2.43. The molecular formula is C28H29NO3. The van der Waals surface area contributed by atoms with Gasteiger partial charge >= 0.3 is 0 Å². The first kappa shape index (κ1) is 22.0. The lowest BCUT2D eigenvalue weighted by Crippen LogP contribution is -2.42. The second-order valence-corrected chi connectivity index (χ2v) is 9.50. The van der Waals surface area contributed by atoms with Crippen LogP contribution in [0.4, 0.5) is 5.69 Å². The van der Waals surface area contributed by atoms with Gasteiger partial charge in [0.1, 0.15) is 0 Å². The molecule has 0 spiro atoms. The van der Waals surface area contributed by atoms with Crippen LogP contribution < -0.4 is 4.90 Å². The van der Waals surface area contributed by atoms with Gasteiger partial charge in [-0.3, -0.25) is 9.59 Å². The zero-order valence-electron chi connectivity index (χ0n) is 18.8. The molecule has 164 valence electrons. The molecule has 0 radical (unpaired) electrons. The first-order valence-corrected chi connectivity index (χ1v) is 11.0. The third-order valence-electron chi connectivity index (χ3n) is 6.20. The fraction of sp³-hybridized carbons (Fsp3) is 0.286. The van der Waals surface area contributed by atoms with Crippen molar-refractivity contribution in [3.63, 3.8) is 0 Å². The Morgan fingerprint density at radius 3 is 2.19 bits per heavy atom. The van der Waals surface area contributed by atoms with E-state index in [4.69, 9.17) is 0 Å². The third kappa shape index (κ3) is 4.11. The van der Waals surface area contributed by atoms with Gasteiger partial charge in [0.2, 0.25) is 0 Å². The van der Waals surface area contributed by atoms with Crippen LogP contribution in [0.2, 0.25) is 0 Å². The molecule has 3 aromatic rings. The first-order valence-electron chi connectivity index (χ1n) is 11.0. The molecule has 1 aliphatic heterocycles. The Balaban J connectivity index is 1.57. The van der Waals surface area contributed by atoms with Crippen LogP contribution in [0.15, 0.2) is 78.9 Å². The number of carbonyl (C=O) groups is 2. The molecule has 0 aromatic heterocycles. The average molecular weight is 428 g/mol. The maximum absolute atomic E-state index is 13.4. The molecule has 4 nitrogen and oxygen atoms in total. The molecule has 4 heteroatoms. The zero-order chi connectivity index (χ0) is 22.9. The van der Waals surface area contributed by atoms with E-state index in [9.17, 15) is 14.7 Å². The lowest BCUT2D eigenvalue weighted by Gasteiger charge is -2.23. The van der Waals surface area contributed by atoms with Crippen LogP contribution in [0.5, 0.6) is 0 Å². The van der Waals surface area contributed by atoms with Crippen molar-refractivity contribution in [2.24, 2.45) is 0 Å². The highest BCUT2D eigenvalue weighted by atomic mass is 16.3. The highest BCUT2D eigenvalue weighted by molar-refractivity contribution is 6.10. The maximum Gasteiger partial charge on any atom is 0.264 e. The molecule has 0 saturated heterocycles. The number of carbonyl (C=O) groups excluding carboxylic acids is 2. The lowest BCUT2D eigenvalue weighted by atomic mass is 9.85. The first-order chi connectivity index (χ1) is 15.2. The van der Waals surface area contributed by atoms with Crippen LogP contribution in [0.1, 0.15) is 54.2 Å². The van der Waals surface area contributed by atoms with Gasteiger partial charge in [0, 0.05) is 17.7 Å². The van der Waals surface area contributed by atoms with Gasteiger partial charge in [-0.15, -0.1) is 0 Å². The summed E-state index contributed by atoms with van der Waals surface area (Å²) in [5.74, 6) is -0.685. The molecule has 1 N–H and O–H groups in total. The van der Waals surface area contributed by atoms with E-state index in [1.165, 1.54) is 0 Å². The van der Waals surface area contributed by atoms with E-state index in [-0.39, 0.29) is 17.6 Å². The molecule has 0 bridgehead atoms. The summed E-state index contributed by atoms with van der Waals surface area (Å²) < 4.78 is 0. The Hall–Kier alpha value is -3.24. The molecule has 4 rings (SSSR count). The van der Waals surface area contributed by atoms with Gasteiger partial charge in [-0.05, 0) is 29.0 Å². The molecule has 0 aliphatic carbocycles. The van der Waals surface area contributed by atoms with Gasteiger partial charge in [-0.25, -0.2) is 0 Å². The van der Waals surface area contributed by atoms with Crippen LogP contribution >= 0.6 is 0 Å². The second kappa shape index (κ2) is 8.36. The number of benzene rings is 3. The minimum Gasteiger partial charge on any atom is -0.375 e. The minimum absolute atomic E-state index is 0.0145. The van der Waals surface area contributed by atoms with Crippen molar-refractivity contribution in [2.45, 2.75) is 44.6 Å². The van der Waals surface area contributed by atoms with Gasteiger partial charge in [-0.2, -0.15) is 0 Å². The van der Waals surface area contributed by atoms with E-state index < -0.39 is 11.5 Å². The molecule has 0 unspecified atom stereocenters. The quantitative estimate of drug-likeness (QED) is 0.561. The summed E-state index contributed by atoms with van der Waals surface area (Å²) in [7, 11) is 0. The summed E-state index contributed by atoms with van der Waals surface area (Å²) in [5, 5.41) is 11.5. The van der Waals surface area contributed by atoms with Gasteiger partial charge in [0.15, 0.2) is 11.4 Å². The summed E-state index contributed by atoms with van der Waals surface area (Å²) in [5.41, 5.74) is 2.04. The predicted octanol–water partition coefficient (Wildman–Crippen LogP) is 5.03. The SMILES string of the molecule is CC(C)(C)c1ccc(C(=O)C[C@@]2(O)C(=O)N(CCc3ccccc3)c3ccccc32)cc1. The minimum atomic E-state index is -1.85. The fourth-order valence-electron chi connectivity index (χ4n) is 4.28. The number of aliphatic hydroxyl groups is 1. The van der Waals surface area contributed by atoms with Crippen LogP contribution in [0.25, 0.3) is 0 Å². The van der Waals surface area contributed by atoms with Crippen LogP contribution in [0.3, 0.4) is 0 Å². The zero-order valence-corrected chi connectivity index (χ0v) is 18.8. The van der Waals surface area contributed by atoms with Crippen LogP contribution in [0, 0.1) is 0 Å². The number of rotatable bonds is 6. The Labute approximate surface area is 189 Å². The normalized spacial score (nSPS) is 18.0. The monoisotopic (exact) mass is 427 g/mol. The number of nitrogens with zero attached hydrogens (tertiary/aromatic N) is 1. The van der Waals surface area contributed by atoms with Gasteiger partial charge < -0.3 is 10.0 Å². The number of hydrogen-bond acceptors (Lipinski definition) is 3. The molecule has 1 amide bonds. The number of para-hydroxylation sites is 1. The summed E-state index contributed by atoms with van der Waals surface area (Å²) in [6.45, 7) is 6.79. The van der Waals surface area contributed by atoms with Crippen LogP contribution in [-0.2, 0) is 22.2 Å². The highest BCUT2D eigenvalue weighted by Gasteiger charge is 2.50. The topological polar surface area (TPSA) is 57.6 Å². The van der Waals surface area contributed by atoms with Crippen LogP contribution in [-0.4, -0.2) is 23.3 Å². The second-order valence-electron chi connectivity index (χ2n) is 9.50. The van der Waals surface area contributed by atoms with Crippen molar-refractivity contribution >= 4 is 17.4 Å². The number of anilines is 1. The molecule has 1 aliphatic rings. The summed E-state index contributed by atoms with van der Waals surface area (Å²) in [4.78, 5) is 28.1. The number of hydrogen-bond donors (Lipinski definition) is 1. The Kier molecular flexibility index (Phi) is 5.74. The van der Waals surface area contributed by atoms with E-state index in [2.05, 4.69) is 20.8 Å². The Morgan fingerprint density at radius 2 is 1.53 bits per heavy atom. The summed E-state index contributed by atoms with van der Waals surface area (Å²) in [6.07, 6.45) is 0.388. The predicted molar refractivity (Wildman–Crippen MR) is 127 cm³/mol. The van der Waals surface area contributed by atoms with Crippen molar-refractivity contribution < 1.29 is 14.7 Å². The third-order valence-corrected chi connectivity index (χ3v) is 6.20. The van der Waals surface area contributed by atoms with Gasteiger partial charge in [0.25, 0.3) is 5.91 Å². The number of fused-ring (bicyclic) bond motifs is 1. The smallest absolute Gasteiger partial charge is 0.264 e. The molecular weight excluding hydrogens is 398 g/mol. The molecule has 1 atom stereocenters. The van der Waals surface area contributed by atoms with Crippen molar-refractivity contribution in [1.82, 2.24) is 0 Å². The molecule has 3 aromatic carbocycles. The van der Waals surface area contributed by atoms with Crippen molar-refractivity contribution in [3.8, 4) is 0 Å². The number of amides is 1. The molecule has 32 heavy (non-hydrogen) atoms. The van der Waals surface area contributed by atoms with Crippen molar-refractivity contribution in [2.75, 3.05) is 11.4 Å². The molecule has 1 heterocycles. The Morgan fingerprint density at radius 1 is 0.906 bits per heavy atom. The van der Waals surface area contributed by atoms with Crippen molar-refractivity contribution in [1.29, 1.82) is 0 Å². The summed E-state index contributed by atoms with van der Waals surface area (Å²) >= 11 is 0. The van der Waals surface area contributed by atoms with Gasteiger partial charge in [-0.1, -0.05) is 93.6 Å². The Bertz CT molecular complexity index is 1130. The van der Waals surface area contributed by atoms with E-state index in [0.29, 0.717) is 29.8 Å². The molecule has 0 fully saturated rings. The lowest BCUT2D eigenvalue weighted by molar-refractivity contribution is -0.135. The van der Waals surface area contributed by atoms with Crippen molar-refractivity contribution in [3.05, 3.63) is 101 Å². The average Bonchev–Trinajstić information content (AvgIpc) is 2.99. The standard InChI is InChI=1S/C28H29NO3/c1-27(2,3)22-15-13-21(14-16-22)25(30)19-28(32)23-11-7-8-12-24(23)29(26(28)31)18-17-20-9-5-4-6-10-20/h4-16,32H,17-19H2,1-3H3/t28-/m0/s1. The molecule has 0 saturated carbocycles. The largest absolute Gasteiger partial charge is 0.375 e.